The summed E-state index contributed by atoms with van der Waals surface area (Å²) in [6, 6.07) is 5.91. The number of benzene rings is 1. The highest BCUT2D eigenvalue weighted by Gasteiger charge is 2.11. The van der Waals surface area contributed by atoms with E-state index in [2.05, 4.69) is 0 Å². The number of amides is 1. The van der Waals surface area contributed by atoms with Crippen molar-refractivity contribution in [1.29, 1.82) is 0 Å². The first-order chi connectivity index (χ1) is 6.15. The van der Waals surface area contributed by atoms with Crippen LogP contribution in [0.15, 0.2) is 24.3 Å². The molecule has 0 saturated carbocycles. The van der Waals surface area contributed by atoms with Crippen LogP contribution in [0, 0.1) is 0 Å². The van der Waals surface area contributed by atoms with E-state index in [9.17, 15) is 4.79 Å². The molecule has 0 heterocycles. The largest absolute Gasteiger partial charge is 0.497 e. The number of carbonyl (C=O) groups excluding carboxylic acids is 1. The van der Waals surface area contributed by atoms with Gasteiger partial charge in [-0.05, 0) is 17.7 Å². The van der Waals surface area contributed by atoms with Crippen LogP contribution in [0.3, 0.4) is 0 Å². The maximum Gasteiger partial charge on any atom is 0.259 e. The van der Waals surface area contributed by atoms with Gasteiger partial charge in [0.2, 0.25) is 0 Å². The summed E-state index contributed by atoms with van der Waals surface area (Å²) in [4.78, 5) is 10.6. The lowest BCUT2D eigenvalue weighted by Gasteiger charge is -2.07. The van der Waals surface area contributed by atoms with Gasteiger partial charge in [0.25, 0.3) is 5.91 Å². The van der Waals surface area contributed by atoms with Gasteiger partial charge in [0.1, 0.15) is 11.8 Å². The highest BCUT2D eigenvalue weighted by molar-refractivity contribution is 5.80. The predicted molar refractivity (Wildman–Crippen MR) is 48.0 cm³/mol. The molecule has 69 valence electrons. The number of carbonyl (C=O) groups is 1. The van der Waals surface area contributed by atoms with Gasteiger partial charge in [0, 0.05) is 0 Å². The Hall–Kier alpha value is -1.55. The second-order valence-corrected chi connectivity index (χ2v) is 2.62. The van der Waals surface area contributed by atoms with Gasteiger partial charge in [-0.2, -0.15) is 0 Å². The average Bonchev–Trinajstić information content (AvgIpc) is 2.17. The molecule has 0 aliphatic heterocycles. The topological polar surface area (TPSA) is 76.1 Å². The highest BCUT2D eigenvalue weighted by atomic mass is 16.5. The van der Waals surface area contributed by atoms with Crippen LogP contribution in [-0.4, -0.2) is 13.0 Å². The second kappa shape index (κ2) is 3.91. The number of ether oxygens (including phenoxy) is 1. The molecule has 4 nitrogen and oxygen atoms in total. The zero-order valence-corrected chi connectivity index (χ0v) is 7.28. The molecule has 0 aliphatic carbocycles. The number of hydrogen-bond donors (Lipinski definition) is 1. The molecule has 0 aliphatic rings. The number of methoxy groups -OCH3 is 1. The van der Waals surface area contributed by atoms with Crippen LogP contribution in [0.5, 0.6) is 5.75 Å². The fourth-order valence-electron chi connectivity index (χ4n) is 0.963. The van der Waals surface area contributed by atoms with Crippen LogP contribution < -0.4 is 16.2 Å². The minimum atomic E-state index is -0.856. The van der Waals surface area contributed by atoms with Crippen molar-refractivity contribution in [3.05, 3.63) is 29.8 Å². The van der Waals surface area contributed by atoms with Crippen molar-refractivity contribution in [3.63, 3.8) is 0 Å². The van der Waals surface area contributed by atoms with E-state index in [4.69, 9.17) is 16.2 Å². The van der Waals surface area contributed by atoms with Gasteiger partial charge in [0.15, 0.2) is 0 Å². The number of hydrogen-bond acceptors (Lipinski definition) is 3. The quantitative estimate of drug-likeness (QED) is 0.734. The van der Waals surface area contributed by atoms with Crippen molar-refractivity contribution in [2.75, 3.05) is 7.11 Å². The molecule has 0 aromatic heterocycles. The molecule has 1 atom stereocenters. The number of rotatable bonds is 3. The summed E-state index contributed by atoms with van der Waals surface area (Å²) in [6.45, 7) is 0. The van der Waals surface area contributed by atoms with Crippen LogP contribution in [-0.2, 0) is 4.79 Å². The van der Waals surface area contributed by atoms with Crippen molar-refractivity contribution in [2.24, 2.45) is 5.73 Å². The van der Waals surface area contributed by atoms with Gasteiger partial charge in [0.05, 0.1) is 7.11 Å². The van der Waals surface area contributed by atoms with Crippen LogP contribution in [0.1, 0.15) is 11.6 Å². The fourth-order valence-corrected chi connectivity index (χ4v) is 0.963. The Kier molecular flexibility index (Phi) is 2.87. The monoisotopic (exact) mass is 179 g/mol. The third-order valence-electron chi connectivity index (χ3n) is 1.76. The summed E-state index contributed by atoms with van der Waals surface area (Å²) in [7, 11) is 1.56. The maximum atomic E-state index is 10.6. The molecule has 1 radical (unpaired) electrons. The second-order valence-electron chi connectivity index (χ2n) is 2.62. The molecule has 4 heteroatoms. The highest BCUT2D eigenvalue weighted by Crippen LogP contribution is 2.15. The Balaban J connectivity index is 2.85. The Labute approximate surface area is 76.5 Å². The van der Waals surface area contributed by atoms with E-state index < -0.39 is 11.9 Å². The first kappa shape index (κ1) is 9.54. The molecule has 1 aromatic rings. The van der Waals surface area contributed by atoms with E-state index in [1.165, 1.54) is 0 Å². The van der Waals surface area contributed by atoms with Gasteiger partial charge in [-0.15, -0.1) is 0 Å². The summed E-state index contributed by atoms with van der Waals surface area (Å²) < 4.78 is 4.94. The zero-order chi connectivity index (χ0) is 9.84. The molecule has 1 aromatic carbocycles. The maximum absolute atomic E-state index is 10.6. The van der Waals surface area contributed by atoms with Crippen LogP contribution in [0.2, 0.25) is 0 Å². The van der Waals surface area contributed by atoms with Gasteiger partial charge in [-0.25, -0.2) is 0 Å². The lowest BCUT2D eigenvalue weighted by Crippen LogP contribution is -2.21. The zero-order valence-electron chi connectivity index (χ0n) is 7.28. The van der Waals surface area contributed by atoms with E-state index in [1.807, 2.05) is 0 Å². The summed E-state index contributed by atoms with van der Waals surface area (Å²) in [6.07, 6.45) is 0. The normalized spacial score (nSPS) is 12.2. The molecule has 3 N–H and O–H groups in total. The summed E-state index contributed by atoms with van der Waals surface area (Å²) in [5, 5.41) is 0. The summed E-state index contributed by atoms with van der Waals surface area (Å²) in [5.41, 5.74) is 12.9. The lowest BCUT2D eigenvalue weighted by atomic mass is 10.1. The van der Waals surface area contributed by atoms with Crippen LogP contribution >= 0.6 is 0 Å². The van der Waals surface area contributed by atoms with Crippen molar-refractivity contribution < 1.29 is 9.53 Å². The third kappa shape index (κ3) is 2.19. The first-order valence-corrected chi connectivity index (χ1v) is 3.80. The lowest BCUT2D eigenvalue weighted by molar-refractivity contribution is -0.120. The Morgan fingerprint density at radius 3 is 2.38 bits per heavy atom. The summed E-state index contributed by atoms with van der Waals surface area (Å²) >= 11 is 0. The Morgan fingerprint density at radius 2 is 2.00 bits per heavy atom. The van der Waals surface area contributed by atoms with E-state index in [1.54, 1.807) is 31.4 Å². The smallest absolute Gasteiger partial charge is 0.259 e. The van der Waals surface area contributed by atoms with E-state index in [0.717, 1.165) is 0 Å². The average molecular weight is 179 g/mol. The van der Waals surface area contributed by atoms with Crippen molar-refractivity contribution in [1.82, 2.24) is 5.73 Å². The number of nitrogens with one attached hydrogen (secondary N) is 1. The molecule has 0 spiro atoms. The van der Waals surface area contributed by atoms with Gasteiger partial charge < -0.3 is 10.5 Å². The fraction of sp³-hybridized carbons (Fsp3) is 0.222. The van der Waals surface area contributed by atoms with Crippen molar-refractivity contribution in [3.8, 4) is 5.75 Å². The minimum absolute atomic E-state index is 0.626. The molecule has 1 rings (SSSR count). The SMILES string of the molecule is COc1ccc(C(N)C([NH])=O)cc1. The van der Waals surface area contributed by atoms with Gasteiger partial charge in [-0.1, -0.05) is 12.1 Å². The van der Waals surface area contributed by atoms with Gasteiger partial charge in [-0.3, -0.25) is 10.5 Å². The van der Waals surface area contributed by atoms with Crippen LogP contribution in [0.4, 0.5) is 0 Å². The molecule has 0 bridgehead atoms. The first-order valence-electron chi connectivity index (χ1n) is 3.80. The van der Waals surface area contributed by atoms with Crippen molar-refractivity contribution in [2.45, 2.75) is 6.04 Å². The minimum Gasteiger partial charge on any atom is -0.497 e. The molecule has 1 amide bonds. The molecule has 0 saturated heterocycles. The molecular formula is C9H11N2O2. The number of nitrogens with two attached hydrogens (primary N) is 1. The van der Waals surface area contributed by atoms with Gasteiger partial charge >= 0.3 is 0 Å². The third-order valence-corrected chi connectivity index (χ3v) is 1.76. The molecule has 0 fully saturated rings. The van der Waals surface area contributed by atoms with E-state index >= 15 is 0 Å². The van der Waals surface area contributed by atoms with Crippen molar-refractivity contribution >= 4 is 5.91 Å². The Morgan fingerprint density at radius 1 is 1.46 bits per heavy atom. The van der Waals surface area contributed by atoms with Crippen LogP contribution in [0.25, 0.3) is 0 Å². The van der Waals surface area contributed by atoms with E-state index in [-0.39, 0.29) is 0 Å². The van der Waals surface area contributed by atoms with E-state index in [0.29, 0.717) is 11.3 Å². The molecule has 13 heavy (non-hydrogen) atoms. The predicted octanol–water partition coefficient (Wildman–Crippen LogP) is 0.504. The standard InChI is InChI=1S/C9H11N2O2/c1-13-7-4-2-6(3-5-7)8(10)9(11)12/h2-5,8,11H,10H2,1H3. The Bertz CT molecular complexity index is 295. The molecule has 1 unspecified atom stereocenters. The molecular weight excluding hydrogens is 168 g/mol. The summed E-state index contributed by atoms with van der Waals surface area (Å²) in [5.74, 6) is -0.0847.